The average Bonchev–Trinajstić information content (AvgIpc) is 2.26. The molecule has 0 saturated carbocycles. The van der Waals surface area contributed by atoms with Crippen molar-refractivity contribution >= 4 is 16.0 Å². The predicted molar refractivity (Wildman–Crippen MR) is 60.5 cm³/mol. The molecular formula is C10H10F3NO5S. The Morgan fingerprint density at radius 1 is 1.40 bits per heavy atom. The average molecular weight is 313 g/mol. The third kappa shape index (κ3) is 4.18. The van der Waals surface area contributed by atoms with Gasteiger partial charge in [-0.1, -0.05) is 11.0 Å². The summed E-state index contributed by atoms with van der Waals surface area (Å²) >= 11 is 0. The number of carbonyl (C=O) groups is 1. The monoisotopic (exact) mass is 313 g/mol. The molecule has 1 rings (SSSR count). The molecule has 0 atom stereocenters. The number of carboxylic acids is 1. The van der Waals surface area contributed by atoms with Gasteiger partial charge in [-0.2, -0.15) is 13.2 Å². The molecule has 20 heavy (non-hydrogen) atoms. The van der Waals surface area contributed by atoms with Gasteiger partial charge in [-0.15, -0.1) is 0 Å². The van der Waals surface area contributed by atoms with E-state index in [1.807, 2.05) is 0 Å². The number of hydrogen-bond acceptors (Lipinski definition) is 4. The standard InChI is InChI=1S/C10H10F3NO5S/c1-6-7(9(15)16)3-2-4-8(6)20(17,18)14-19-5-10(11,12)13/h2-4,14H,5H2,1H3,(H,15,16). The maximum atomic E-state index is 11.8. The maximum absolute atomic E-state index is 11.8. The van der Waals surface area contributed by atoms with E-state index in [2.05, 4.69) is 4.84 Å². The third-order valence-corrected chi connectivity index (χ3v) is 3.57. The molecule has 6 nitrogen and oxygen atoms in total. The van der Waals surface area contributed by atoms with Crippen molar-refractivity contribution in [3.8, 4) is 0 Å². The second-order valence-electron chi connectivity index (χ2n) is 3.72. The summed E-state index contributed by atoms with van der Waals surface area (Å²) in [6.07, 6.45) is -4.69. The SMILES string of the molecule is Cc1c(C(=O)O)cccc1S(=O)(=O)NOCC(F)(F)F. The fraction of sp³-hybridized carbons (Fsp3) is 0.300. The van der Waals surface area contributed by atoms with Gasteiger partial charge in [-0.25, -0.2) is 13.2 Å². The number of rotatable bonds is 5. The predicted octanol–water partition coefficient (Wildman–Crippen LogP) is 1.47. The molecule has 0 aliphatic heterocycles. The molecule has 0 radical (unpaired) electrons. The van der Waals surface area contributed by atoms with Crippen molar-refractivity contribution in [3.05, 3.63) is 29.3 Å². The molecule has 112 valence electrons. The number of sulfonamides is 1. The summed E-state index contributed by atoms with van der Waals surface area (Å²) in [6.45, 7) is -0.578. The van der Waals surface area contributed by atoms with Gasteiger partial charge in [0.1, 0.15) is 0 Å². The summed E-state index contributed by atoms with van der Waals surface area (Å²) in [5.41, 5.74) is -0.383. The molecular weight excluding hydrogens is 303 g/mol. The van der Waals surface area contributed by atoms with E-state index < -0.39 is 33.7 Å². The number of carboxylic acid groups (broad SMARTS) is 1. The molecule has 0 aliphatic carbocycles. The molecule has 0 heterocycles. The number of aromatic carboxylic acids is 1. The second kappa shape index (κ2) is 5.77. The first-order valence-electron chi connectivity index (χ1n) is 5.08. The van der Waals surface area contributed by atoms with Crippen molar-refractivity contribution in [2.24, 2.45) is 0 Å². The zero-order valence-corrected chi connectivity index (χ0v) is 10.9. The Kier molecular flexibility index (Phi) is 4.73. The van der Waals surface area contributed by atoms with Crippen molar-refractivity contribution in [2.75, 3.05) is 6.61 Å². The molecule has 0 amide bonds. The summed E-state index contributed by atoms with van der Waals surface area (Å²) in [5, 5.41) is 8.84. The first-order valence-corrected chi connectivity index (χ1v) is 6.56. The second-order valence-corrected chi connectivity index (χ2v) is 5.34. The molecule has 0 saturated heterocycles. The van der Waals surface area contributed by atoms with Crippen molar-refractivity contribution < 1.29 is 36.3 Å². The Hall–Kier alpha value is -1.65. The zero-order valence-electron chi connectivity index (χ0n) is 10.1. The van der Waals surface area contributed by atoms with Crippen molar-refractivity contribution in [3.63, 3.8) is 0 Å². The smallest absolute Gasteiger partial charge is 0.413 e. The zero-order chi connectivity index (χ0) is 15.6. The topological polar surface area (TPSA) is 92.7 Å². The molecule has 0 aliphatic rings. The van der Waals surface area contributed by atoms with E-state index in [4.69, 9.17) is 5.11 Å². The van der Waals surface area contributed by atoms with Crippen molar-refractivity contribution in [2.45, 2.75) is 18.0 Å². The molecule has 0 spiro atoms. The van der Waals surface area contributed by atoms with Crippen LogP contribution in [0, 0.1) is 6.92 Å². The number of nitrogens with one attached hydrogen (secondary N) is 1. The van der Waals surface area contributed by atoms with Crippen LogP contribution in [-0.4, -0.2) is 32.3 Å². The van der Waals surface area contributed by atoms with E-state index in [0.717, 1.165) is 12.1 Å². The lowest BCUT2D eigenvalue weighted by atomic mass is 10.1. The van der Waals surface area contributed by atoms with Crippen LogP contribution in [0.2, 0.25) is 0 Å². The quantitative estimate of drug-likeness (QED) is 0.803. The van der Waals surface area contributed by atoms with Gasteiger partial charge in [-0.3, -0.25) is 4.84 Å². The van der Waals surface area contributed by atoms with Gasteiger partial charge in [0.25, 0.3) is 10.0 Å². The molecule has 0 fully saturated rings. The molecule has 0 unspecified atom stereocenters. The van der Waals surface area contributed by atoms with Gasteiger partial charge >= 0.3 is 12.1 Å². The molecule has 2 N–H and O–H groups in total. The van der Waals surface area contributed by atoms with E-state index in [9.17, 15) is 26.4 Å². The molecule has 1 aromatic rings. The first-order chi connectivity index (χ1) is 9.04. The van der Waals surface area contributed by atoms with Gasteiger partial charge in [0.15, 0.2) is 6.61 Å². The van der Waals surface area contributed by atoms with Gasteiger partial charge in [0.05, 0.1) is 10.5 Å². The lowest BCUT2D eigenvalue weighted by Crippen LogP contribution is -2.30. The van der Waals surface area contributed by atoms with E-state index in [-0.39, 0.29) is 11.1 Å². The van der Waals surface area contributed by atoms with Crippen LogP contribution in [0.4, 0.5) is 13.2 Å². The van der Waals surface area contributed by atoms with Crippen LogP contribution in [0.1, 0.15) is 15.9 Å². The Bertz CT molecular complexity index is 612. The highest BCUT2D eigenvalue weighted by Gasteiger charge is 2.29. The van der Waals surface area contributed by atoms with Gasteiger partial charge in [0.2, 0.25) is 0 Å². The van der Waals surface area contributed by atoms with Crippen LogP contribution in [0.3, 0.4) is 0 Å². The Balaban J connectivity index is 2.99. The highest BCUT2D eigenvalue weighted by Crippen LogP contribution is 2.19. The highest BCUT2D eigenvalue weighted by atomic mass is 32.2. The summed E-state index contributed by atoms with van der Waals surface area (Å²) in [7, 11) is -4.40. The third-order valence-electron chi connectivity index (χ3n) is 2.21. The molecule has 0 bridgehead atoms. The largest absolute Gasteiger partial charge is 0.478 e. The van der Waals surface area contributed by atoms with Crippen LogP contribution < -0.4 is 4.89 Å². The van der Waals surface area contributed by atoms with Crippen LogP contribution >= 0.6 is 0 Å². The summed E-state index contributed by atoms with van der Waals surface area (Å²) < 4.78 is 59.0. The minimum Gasteiger partial charge on any atom is -0.478 e. The first kappa shape index (κ1) is 16.4. The van der Waals surface area contributed by atoms with Gasteiger partial charge in [0, 0.05) is 0 Å². The highest BCUT2D eigenvalue weighted by molar-refractivity contribution is 7.89. The molecule has 0 aromatic heterocycles. The minimum atomic E-state index is -4.69. The number of alkyl halides is 3. The summed E-state index contributed by atoms with van der Waals surface area (Å²) in [6, 6.07) is 3.39. The van der Waals surface area contributed by atoms with Gasteiger partial charge in [-0.05, 0) is 24.6 Å². The normalized spacial score (nSPS) is 12.4. The lowest BCUT2D eigenvalue weighted by molar-refractivity contribution is -0.181. The Morgan fingerprint density at radius 2 is 2.00 bits per heavy atom. The van der Waals surface area contributed by atoms with Crippen LogP contribution in [0.5, 0.6) is 0 Å². The lowest BCUT2D eigenvalue weighted by Gasteiger charge is -2.11. The van der Waals surface area contributed by atoms with Crippen LogP contribution in [0.25, 0.3) is 0 Å². The molecule has 1 aromatic carbocycles. The fourth-order valence-corrected chi connectivity index (χ4v) is 2.45. The Morgan fingerprint density at radius 3 is 2.50 bits per heavy atom. The van der Waals surface area contributed by atoms with Crippen molar-refractivity contribution in [1.82, 2.24) is 4.89 Å². The maximum Gasteiger partial charge on any atom is 0.413 e. The fourth-order valence-electron chi connectivity index (χ4n) is 1.37. The summed E-state index contributed by atoms with van der Waals surface area (Å²) in [4.78, 5) is 15.5. The van der Waals surface area contributed by atoms with Crippen LogP contribution in [-0.2, 0) is 14.9 Å². The van der Waals surface area contributed by atoms with E-state index >= 15 is 0 Å². The number of hydrogen-bond donors (Lipinski definition) is 2. The Labute approximate surface area is 112 Å². The van der Waals surface area contributed by atoms with Gasteiger partial charge < -0.3 is 5.11 Å². The van der Waals surface area contributed by atoms with E-state index in [0.29, 0.717) is 0 Å². The summed E-state index contributed by atoms with van der Waals surface area (Å²) in [5.74, 6) is -1.35. The van der Waals surface area contributed by atoms with E-state index in [1.165, 1.54) is 17.9 Å². The minimum absolute atomic E-state index is 0.108. The van der Waals surface area contributed by atoms with Crippen LogP contribution in [0.15, 0.2) is 23.1 Å². The van der Waals surface area contributed by atoms with Crippen molar-refractivity contribution in [1.29, 1.82) is 0 Å². The molecule has 10 heteroatoms. The van der Waals surface area contributed by atoms with E-state index in [1.54, 1.807) is 0 Å². The number of benzene rings is 1. The number of halogens is 3.